The highest BCUT2D eigenvalue weighted by Gasteiger charge is 2.02. The Labute approximate surface area is 165 Å². The zero-order chi connectivity index (χ0) is 16.5. The van der Waals surface area contributed by atoms with Crippen LogP contribution in [0.25, 0.3) is 0 Å². The average molecular weight is 463 g/mol. The second-order valence-electron chi connectivity index (χ2n) is 5.10. The molecule has 0 saturated carbocycles. The molecule has 0 saturated heterocycles. The van der Waals surface area contributed by atoms with Crippen LogP contribution in [-0.4, -0.2) is 40.9 Å². The van der Waals surface area contributed by atoms with Crippen molar-refractivity contribution in [2.75, 3.05) is 20.1 Å². The van der Waals surface area contributed by atoms with Crippen LogP contribution in [0.1, 0.15) is 18.3 Å². The topological polar surface area (TPSA) is 67.1 Å². The molecule has 0 fully saturated rings. The van der Waals surface area contributed by atoms with Crippen LogP contribution in [0.4, 0.5) is 0 Å². The molecule has 0 amide bonds. The van der Waals surface area contributed by atoms with Crippen LogP contribution in [0, 0.1) is 0 Å². The summed E-state index contributed by atoms with van der Waals surface area (Å²) in [7, 11) is 1.77. The van der Waals surface area contributed by atoms with E-state index in [1.165, 1.54) is 5.56 Å². The van der Waals surface area contributed by atoms with Crippen LogP contribution in [0.15, 0.2) is 35.6 Å². The average Bonchev–Trinajstić information content (AvgIpc) is 3.02. The summed E-state index contributed by atoms with van der Waals surface area (Å²) in [5, 5.41) is 15.4. The van der Waals surface area contributed by atoms with Crippen LogP contribution in [0.3, 0.4) is 0 Å². The van der Waals surface area contributed by atoms with Crippen LogP contribution >= 0.6 is 35.6 Å². The van der Waals surface area contributed by atoms with Crippen molar-refractivity contribution >= 4 is 41.5 Å². The van der Waals surface area contributed by atoms with Gasteiger partial charge >= 0.3 is 0 Å². The van der Waals surface area contributed by atoms with Gasteiger partial charge in [-0.3, -0.25) is 4.99 Å². The summed E-state index contributed by atoms with van der Waals surface area (Å²) < 4.78 is 2.05. The van der Waals surface area contributed by atoms with Gasteiger partial charge in [0.05, 0.1) is 0 Å². The fourth-order valence-electron chi connectivity index (χ4n) is 2.23. The van der Waals surface area contributed by atoms with Crippen molar-refractivity contribution in [3.05, 3.63) is 47.0 Å². The van der Waals surface area contributed by atoms with Crippen LogP contribution in [-0.2, 0) is 19.4 Å². The zero-order valence-corrected chi connectivity index (χ0v) is 17.1. The summed E-state index contributed by atoms with van der Waals surface area (Å²) >= 11 is 5.88. The third-order valence-corrected chi connectivity index (χ3v) is 3.75. The lowest BCUT2D eigenvalue weighted by Crippen LogP contribution is -2.39. The number of aliphatic imine (C=N–C) groups is 1. The number of aromatic nitrogens is 3. The predicted octanol–water partition coefficient (Wildman–Crippen LogP) is 2.52. The monoisotopic (exact) mass is 462 g/mol. The van der Waals surface area contributed by atoms with Gasteiger partial charge in [-0.1, -0.05) is 30.7 Å². The maximum Gasteiger partial charge on any atom is 0.191 e. The van der Waals surface area contributed by atoms with Crippen molar-refractivity contribution in [1.29, 1.82) is 0 Å². The smallest absolute Gasteiger partial charge is 0.191 e. The number of nitrogens with one attached hydrogen (secondary N) is 2. The molecule has 2 N–H and O–H groups in total. The number of rotatable bonds is 7. The SMILES string of the molecule is CCc1nncn1CCNC(=NC)NCCc1ccc(Cl)cc1.I. The number of halogens is 2. The van der Waals surface area contributed by atoms with E-state index in [1.54, 1.807) is 13.4 Å². The first-order valence-corrected chi connectivity index (χ1v) is 8.16. The molecule has 0 bridgehead atoms. The molecule has 0 radical (unpaired) electrons. The molecule has 0 unspecified atom stereocenters. The summed E-state index contributed by atoms with van der Waals surface area (Å²) in [6.07, 6.45) is 3.56. The Balaban J connectivity index is 0.00000288. The van der Waals surface area contributed by atoms with E-state index in [4.69, 9.17) is 11.6 Å². The number of hydrogen-bond donors (Lipinski definition) is 2. The summed E-state index contributed by atoms with van der Waals surface area (Å²) in [5.74, 6) is 1.79. The molecule has 1 aromatic heterocycles. The molecule has 1 heterocycles. The first kappa shape index (κ1) is 20.7. The van der Waals surface area contributed by atoms with Crippen molar-refractivity contribution in [1.82, 2.24) is 25.4 Å². The fourth-order valence-corrected chi connectivity index (χ4v) is 2.36. The molecule has 6 nitrogen and oxygen atoms in total. The fraction of sp³-hybridized carbons (Fsp3) is 0.438. The lowest BCUT2D eigenvalue weighted by Gasteiger charge is -2.12. The van der Waals surface area contributed by atoms with Crippen molar-refractivity contribution < 1.29 is 0 Å². The van der Waals surface area contributed by atoms with E-state index in [0.717, 1.165) is 49.3 Å². The molecule has 2 aromatic rings. The summed E-state index contributed by atoms with van der Waals surface area (Å²) in [6, 6.07) is 7.90. The molecule has 0 atom stereocenters. The number of hydrogen-bond acceptors (Lipinski definition) is 3. The van der Waals surface area contributed by atoms with E-state index in [2.05, 4.69) is 32.7 Å². The molecule has 1 aromatic carbocycles. The lowest BCUT2D eigenvalue weighted by molar-refractivity contribution is 0.632. The van der Waals surface area contributed by atoms with Crippen LogP contribution < -0.4 is 10.6 Å². The standard InChI is InChI=1S/C16H23ClN6.HI/c1-3-15-22-21-12-23(15)11-10-20-16(18-2)19-9-8-13-4-6-14(17)7-5-13;/h4-7,12H,3,8-11H2,1-2H3,(H2,18,19,20);1H. The van der Waals surface area contributed by atoms with Crippen molar-refractivity contribution in [2.45, 2.75) is 26.3 Å². The minimum absolute atomic E-state index is 0. The predicted molar refractivity (Wildman–Crippen MR) is 109 cm³/mol. The van der Waals surface area contributed by atoms with Gasteiger partial charge in [0.25, 0.3) is 0 Å². The Bertz CT molecular complexity index is 626. The molecular weight excluding hydrogens is 439 g/mol. The molecule has 0 spiro atoms. The molecule has 132 valence electrons. The summed E-state index contributed by atoms with van der Waals surface area (Å²) in [6.45, 7) is 4.47. The second kappa shape index (κ2) is 11.2. The first-order chi connectivity index (χ1) is 11.2. The molecule has 0 aliphatic rings. The molecular formula is C16H24ClIN6. The van der Waals surface area contributed by atoms with Gasteiger partial charge in [0.1, 0.15) is 12.2 Å². The molecule has 0 aliphatic carbocycles. The number of guanidine groups is 1. The number of nitrogens with zero attached hydrogens (tertiary/aromatic N) is 4. The molecule has 2 rings (SSSR count). The molecule has 24 heavy (non-hydrogen) atoms. The van der Waals surface area contributed by atoms with Gasteiger partial charge in [-0.05, 0) is 24.1 Å². The van der Waals surface area contributed by atoms with Gasteiger partial charge in [-0.15, -0.1) is 34.2 Å². The lowest BCUT2D eigenvalue weighted by atomic mass is 10.1. The Morgan fingerprint density at radius 3 is 2.58 bits per heavy atom. The highest BCUT2D eigenvalue weighted by atomic mass is 127. The zero-order valence-electron chi connectivity index (χ0n) is 14.0. The quantitative estimate of drug-likeness (QED) is 0.377. The maximum absolute atomic E-state index is 5.88. The van der Waals surface area contributed by atoms with Gasteiger partial charge in [-0.25, -0.2) is 0 Å². The summed E-state index contributed by atoms with van der Waals surface area (Å²) in [5.41, 5.74) is 1.24. The normalized spacial score (nSPS) is 11.0. The Morgan fingerprint density at radius 1 is 1.21 bits per heavy atom. The van der Waals surface area contributed by atoms with E-state index in [-0.39, 0.29) is 24.0 Å². The highest BCUT2D eigenvalue weighted by molar-refractivity contribution is 14.0. The van der Waals surface area contributed by atoms with Crippen molar-refractivity contribution in [3.63, 3.8) is 0 Å². The highest BCUT2D eigenvalue weighted by Crippen LogP contribution is 2.09. The van der Waals surface area contributed by atoms with Crippen molar-refractivity contribution in [2.24, 2.45) is 4.99 Å². The minimum atomic E-state index is 0. The number of benzene rings is 1. The van der Waals surface area contributed by atoms with Crippen LogP contribution in [0.5, 0.6) is 0 Å². The van der Waals surface area contributed by atoms with E-state index < -0.39 is 0 Å². The molecule has 8 heteroatoms. The number of aryl methyl sites for hydroxylation is 1. The van der Waals surface area contributed by atoms with E-state index >= 15 is 0 Å². The minimum Gasteiger partial charge on any atom is -0.356 e. The van der Waals surface area contributed by atoms with E-state index in [0.29, 0.717) is 0 Å². The van der Waals surface area contributed by atoms with Gasteiger partial charge in [0.2, 0.25) is 0 Å². The first-order valence-electron chi connectivity index (χ1n) is 7.78. The van der Waals surface area contributed by atoms with E-state index in [1.807, 2.05) is 28.8 Å². The van der Waals surface area contributed by atoms with Crippen LogP contribution in [0.2, 0.25) is 5.02 Å². The van der Waals surface area contributed by atoms with Gasteiger partial charge in [-0.2, -0.15) is 0 Å². The Hall–Kier alpha value is -1.35. The third kappa shape index (κ3) is 6.64. The summed E-state index contributed by atoms with van der Waals surface area (Å²) in [4.78, 5) is 4.23. The van der Waals surface area contributed by atoms with Crippen molar-refractivity contribution in [3.8, 4) is 0 Å². The maximum atomic E-state index is 5.88. The third-order valence-electron chi connectivity index (χ3n) is 3.50. The second-order valence-corrected chi connectivity index (χ2v) is 5.53. The largest absolute Gasteiger partial charge is 0.356 e. The van der Waals surface area contributed by atoms with E-state index in [9.17, 15) is 0 Å². The van der Waals surface area contributed by atoms with Gasteiger partial charge in [0, 0.05) is 38.1 Å². The molecule has 0 aliphatic heterocycles. The van der Waals surface area contributed by atoms with Gasteiger partial charge in [0.15, 0.2) is 5.96 Å². The Kier molecular flexibility index (Phi) is 9.70. The Morgan fingerprint density at radius 2 is 1.92 bits per heavy atom. The van der Waals surface area contributed by atoms with Gasteiger partial charge < -0.3 is 15.2 Å².